The summed E-state index contributed by atoms with van der Waals surface area (Å²) in [5.41, 5.74) is -0.573. The van der Waals surface area contributed by atoms with Crippen LogP contribution in [0.5, 0.6) is 0 Å². The second-order valence-corrected chi connectivity index (χ2v) is 7.93. The van der Waals surface area contributed by atoms with E-state index in [9.17, 15) is 24.5 Å². The first kappa shape index (κ1) is 20.1. The molecule has 1 aromatic heterocycles. The lowest BCUT2D eigenvalue weighted by Gasteiger charge is -2.13. The minimum Gasteiger partial charge on any atom is -0.350 e. The zero-order chi connectivity index (χ0) is 20.3. The monoisotopic (exact) mass is 437 g/mol. The Bertz CT molecular complexity index is 991. The Morgan fingerprint density at radius 2 is 2.11 bits per heavy atom. The van der Waals surface area contributed by atoms with Gasteiger partial charge in [-0.2, -0.15) is 0 Å². The van der Waals surface area contributed by atoms with E-state index >= 15 is 0 Å². The van der Waals surface area contributed by atoms with E-state index in [1.165, 1.54) is 23.5 Å². The molecule has 0 bridgehead atoms. The summed E-state index contributed by atoms with van der Waals surface area (Å²) in [7, 11) is 0. The fourth-order valence-corrected chi connectivity index (χ4v) is 4.18. The molecular formula is C17H12ClN3O5S2. The molecule has 0 radical (unpaired) electrons. The maximum Gasteiger partial charge on any atom is 0.293 e. The number of imide groups is 1. The van der Waals surface area contributed by atoms with Crippen LogP contribution in [-0.2, 0) is 4.79 Å². The quantitative estimate of drug-likeness (QED) is 0.418. The van der Waals surface area contributed by atoms with Crippen LogP contribution in [0, 0.1) is 10.1 Å². The number of amides is 3. The maximum absolute atomic E-state index is 12.4. The molecule has 1 fully saturated rings. The number of halogens is 1. The molecule has 0 unspecified atom stereocenters. The first-order valence-electron chi connectivity index (χ1n) is 7.88. The van der Waals surface area contributed by atoms with E-state index in [4.69, 9.17) is 11.6 Å². The van der Waals surface area contributed by atoms with Gasteiger partial charge in [-0.25, -0.2) is 0 Å². The highest BCUT2D eigenvalue weighted by Gasteiger charge is 2.34. The first-order valence-corrected chi connectivity index (χ1v) is 9.95. The van der Waals surface area contributed by atoms with Crippen LogP contribution in [-0.4, -0.2) is 40.0 Å². The minimum absolute atomic E-state index is 0.0488. The van der Waals surface area contributed by atoms with Crippen LogP contribution >= 0.6 is 34.7 Å². The van der Waals surface area contributed by atoms with Crippen molar-refractivity contribution in [2.24, 2.45) is 0 Å². The van der Waals surface area contributed by atoms with Gasteiger partial charge >= 0.3 is 0 Å². The number of thioether (sulfide) groups is 1. The summed E-state index contributed by atoms with van der Waals surface area (Å²) >= 11 is 8.08. The third-order valence-electron chi connectivity index (χ3n) is 3.71. The molecule has 3 rings (SSSR count). The molecule has 1 aliphatic rings. The van der Waals surface area contributed by atoms with E-state index in [0.717, 1.165) is 27.6 Å². The van der Waals surface area contributed by atoms with Gasteiger partial charge in [0.05, 0.1) is 9.83 Å². The Balaban J connectivity index is 1.63. The predicted molar refractivity (Wildman–Crippen MR) is 107 cm³/mol. The molecule has 2 aromatic rings. The maximum atomic E-state index is 12.4. The van der Waals surface area contributed by atoms with Gasteiger partial charge in [0, 0.05) is 29.1 Å². The van der Waals surface area contributed by atoms with E-state index in [1.807, 2.05) is 17.5 Å². The Kier molecular flexibility index (Phi) is 6.12. The van der Waals surface area contributed by atoms with Crippen molar-refractivity contribution in [3.63, 3.8) is 0 Å². The van der Waals surface area contributed by atoms with Gasteiger partial charge in [-0.3, -0.25) is 29.4 Å². The highest BCUT2D eigenvalue weighted by Crippen LogP contribution is 2.32. The second-order valence-electron chi connectivity index (χ2n) is 5.52. The summed E-state index contributed by atoms with van der Waals surface area (Å²) in [4.78, 5) is 49.3. The van der Waals surface area contributed by atoms with Crippen molar-refractivity contribution >= 4 is 63.5 Å². The second kappa shape index (κ2) is 8.55. The third-order valence-corrected chi connectivity index (χ3v) is 5.67. The zero-order valence-electron chi connectivity index (χ0n) is 14.1. The number of carbonyl (C=O) groups is 3. The normalized spacial score (nSPS) is 15.3. The Labute approximate surface area is 172 Å². The van der Waals surface area contributed by atoms with E-state index in [2.05, 4.69) is 5.32 Å². The molecule has 2 heterocycles. The smallest absolute Gasteiger partial charge is 0.293 e. The van der Waals surface area contributed by atoms with Gasteiger partial charge in [-0.15, -0.1) is 11.3 Å². The molecule has 8 nitrogen and oxygen atoms in total. The first-order chi connectivity index (χ1) is 13.4. The highest BCUT2D eigenvalue weighted by molar-refractivity contribution is 8.18. The van der Waals surface area contributed by atoms with Crippen LogP contribution in [0.15, 0.2) is 40.6 Å². The summed E-state index contributed by atoms with van der Waals surface area (Å²) in [6.07, 6.45) is 1.64. The minimum atomic E-state index is -0.713. The molecule has 3 amide bonds. The summed E-state index contributed by atoms with van der Waals surface area (Å²) in [5.74, 6) is -1.15. The van der Waals surface area contributed by atoms with Crippen LogP contribution in [0.2, 0.25) is 5.02 Å². The topological polar surface area (TPSA) is 110 Å². The van der Waals surface area contributed by atoms with E-state index in [-0.39, 0.29) is 29.4 Å². The molecule has 28 heavy (non-hydrogen) atoms. The number of nitrogens with one attached hydrogen (secondary N) is 1. The Morgan fingerprint density at radius 3 is 2.79 bits per heavy atom. The average molecular weight is 438 g/mol. The van der Waals surface area contributed by atoms with Gasteiger partial charge in [0.2, 0.25) is 0 Å². The largest absolute Gasteiger partial charge is 0.350 e. The fraction of sp³-hybridized carbons (Fsp3) is 0.118. The third kappa shape index (κ3) is 4.41. The number of carbonyl (C=O) groups excluding carboxylic acids is 3. The van der Waals surface area contributed by atoms with Crippen molar-refractivity contribution in [3.05, 3.63) is 66.2 Å². The molecule has 0 saturated carbocycles. The van der Waals surface area contributed by atoms with Crippen LogP contribution in [0.1, 0.15) is 15.2 Å². The zero-order valence-corrected chi connectivity index (χ0v) is 16.5. The van der Waals surface area contributed by atoms with Gasteiger partial charge in [0.15, 0.2) is 0 Å². The van der Waals surface area contributed by atoms with Gasteiger partial charge in [0.25, 0.3) is 22.7 Å². The molecule has 1 saturated heterocycles. The SMILES string of the molecule is O=C(NCCN1C(=O)S/C(=C/c2cccs2)C1=O)c1cc(Cl)ccc1[N+](=O)[O-]. The molecule has 1 aromatic carbocycles. The van der Waals surface area contributed by atoms with E-state index in [0.29, 0.717) is 4.91 Å². The molecular weight excluding hydrogens is 426 g/mol. The van der Waals surface area contributed by atoms with Crippen LogP contribution in [0.3, 0.4) is 0 Å². The molecule has 0 spiro atoms. The standard InChI is InChI=1S/C17H12ClN3O5S2/c18-10-3-4-13(21(25)26)12(8-10)15(22)19-5-6-20-16(23)14(28-17(20)24)9-11-2-1-7-27-11/h1-4,7-9H,5-6H2,(H,19,22)/b14-9+. The van der Waals surface area contributed by atoms with Crippen molar-refractivity contribution in [2.45, 2.75) is 0 Å². The summed E-state index contributed by atoms with van der Waals surface area (Å²) in [6, 6.07) is 7.32. The fourth-order valence-electron chi connectivity index (χ4n) is 2.42. The molecule has 0 atom stereocenters. The summed E-state index contributed by atoms with van der Waals surface area (Å²) in [6.45, 7) is -0.0978. The molecule has 144 valence electrons. The summed E-state index contributed by atoms with van der Waals surface area (Å²) < 4.78 is 0. The Morgan fingerprint density at radius 1 is 1.32 bits per heavy atom. The van der Waals surface area contributed by atoms with Gasteiger partial charge < -0.3 is 5.32 Å². The van der Waals surface area contributed by atoms with Gasteiger partial charge in [-0.1, -0.05) is 17.7 Å². The Hall–Kier alpha value is -2.69. The predicted octanol–water partition coefficient (Wildman–Crippen LogP) is 3.78. The van der Waals surface area contributed by atoms with Crippen molar-refractivity contribution in [1.82, 2.24) is 10.2 Å². The number of thiophene rings is 1. The number of hydrogen-bond acceptors (Lipinski definition) is 7. The number of nitro benzene ring substituents is 1. The van der Waals surface area contributed by atoms with Crippen molar-refractivity contribution in [1.29, 1.82) is 0 Å². The lowest BCUT2D eigenvalue weighted by molar-refractivity contribution is -0.385. The number of hydrogen-bond donors (Lipinski definition) is 1. The summed E-state index contributed by atoms with van der Waals surface area (Å²) in [5, 5.41) is 15.1. The van der Waals surface area contributed by atoms with Crippen molar-refractivity contribution in [3.8, 4) is 0 Å². The van der Waals surface area contributed by atoms with Gasteiger partial charge in [-0.05, 0) is 41.4 Å². The molecule has 1 N–H and O–H groups in total. The van der Waals surface area contributed by atoms with Crippen LogP contribution in [0.25, 0.3) is 6.08 Å². The van der Waals surface area contributed by atoms with Crippen LogP contribution in [0.4, 0.5) is 10.5 Å². The van der Waals surface area contributed by atoms with Gasteiger partial charge in [0.1, 0.15) is 5.56 Å². The van der Waals surface area contributed by atoms with Crippen LogP contribution < -0.4 is 5.32 Å². The molecule has 11 heteroatoms. The van der Waals surface area contributed by atoms with Crippen molar-refractivity contribution in [2.75, 3.05) is 13.1 Å². The molecule has 0 aliphatic carbocycles. The lowest BCUT2D eigenvalue weighted by Crippen LogP contribution is -2.37. The number of rotatable bonds is 6. The van der Waals surface area contributed by atoms with E-state index < -0.39 is 22.0 Å². The van der Waals surface area contributed by atoms with E-state index in [1.54, 1.807) is 6.08 Å². The lowest BCUT2D eigenvalue weighted by atomic mass is 10.1. The highest BCUT2D eigenvalue weighted by atomic mass is 35.5. The average Bonchev–Trinajstić information content (AvgIpc) is 3.25. The van der Waals surface area contributed by atoms with Crippen molar-refractivity contribution < 1.29 is 19.3 Å². The molecule has 1 aliphatic heterocycles. The number of nitro groups is 1. The number of benzene rings is 1. The number of nitrogens with zero attached hydrogens (tertiary/aromatic N) is 2.